The second-order valence-electron chi connectivity index (χ2n) is 5.44. The zero-order valence-corrected chi connectivity index (χ0v) is 15.2. The van der Waals surface area contributed by atoms with Crippen molar-refractivity contribution >= 4 is 33.8 Å². The van der Waals surface area contributed by atoms with Gasteiger partial charge in [-0.05, 0) is 42.8 Å². The van der Waals surface area contributed by atoms with E-state index >= 15 is 0 Å². The zero-order chi connectivity index (χ0) is 18.0. The Kier molecular flexibility index (Phi) is 4.90. The molecule has 25 heavy (non-hydrogen) atoms. The van der Waals surface area contributed by atoms with Gasteiger partial charge >= 0.3 is 5.97 Å². The second kappa shape index (κ2) is 7.11. The first kappa shape index (κ1) is 17.2. The highest BCUT2D eigenvalue weighted by Gasteiger charge is 2.28. The van der Waals surface area contributed by atoms with E-state index < -0.39 is 12.1 Å². The third kappa shape index (κ3) is 3.74. The molecule has 6 heteroatoms. The van der Waals surface area contributed by atoms with E-state index in [2.05, 4.69) is 20.7 Å². The minimum atomic E-state index is -0.753. The molecule has 0 radical (unpaired) electrons. The lowest BCUT2D eigenvalue weighted by Gasteiger charge is -2.12. The summed E-state index contributed by atoms with van der Waals surface area (Å²) in [5.41, 5.74) is 1.31. The molecule has 0 aromatic heterocycles. The Labute approximate surface area is 153 Å². The number of esters is 1. The number of hydrogen-bond donors (Lipinski definition) is 0. The van der Waals surface area contributed by atoms with Gasteiger partial charge in [0.05, 0.1) is 12.7 Å². The normalized spacial score (nSPS) is 15.5. The van der Waals surface area contributed by atoms with Crippen LogP contribution in [0.5, 0.6) is 11.5 Å². The molecule has 1 aliphatic heterocycles. The highest BCUT2D eigenvalue weighted by molar-refractivity contribution is 9.10. The number of carbonyl (C=O) groups excluding carboxylic acids is 2. The Hall–Kier alpha value is -2.60. The molecule has 0 bridgehead atoms. The maximum Gasteiger partial charge on any atom is 0.346 e. The highest BCUT2D eigenvalue weighted by Crippen LogP contribution is 2.35. The van der Waals surface area contributed by atoms with Crippen molar-refractivity contribution in [3.05, 3.63) is 63.8 Å². The fourth-order valence-corrected chi connectivity index (χ4v) is 2.82. The lowest BCUT2D eigenvalue weighted by Crippen LogP contribution is -2.24. The van der Waals surface area contributed by atoms with Crippen LogP contribution < -0.4 is 9.47 Å². The van der Waals surface area contributed by atoms with Crippen molar-refractivity contribution in [3.63, 3.8) is 0 Å². The molecule has 0 spiro atoms. The van der Waals surface area contributed by atoms with Gasteiger partial charge in [0.2, 0.25) is 5.78 Å². The Morgan fingerprint density at radius 1 is 1.24 bits per heavy atom. The lowest BCUT2D eigenvalue weighted by atomic mass is 10.1. The summed E-state index contributed by atoms with van der Waals surface area (Å²) >= 11 is 3.40. The molecule has 1 atom stereocenters. The van der Waals surface area contributed by atoms with Crippen molar-refractivity contribution in [1.82, 2.24) is 0 Å². The predicted octanol–water partition coefficient (Wildman–Crippen LogP) is 4.01. The summed E-state index contributed by atoms with van der Waals surface area (Å²) in [4.78, 5) is 23.9. The average Bonchev–Trinajstić information content (AvgIpc) is 2.89. The van der Waals surface area contributed by atoms with Gasteiger partial charge in [0.15, 0.2) is 11.9 Å². The quantitative estimate of drug-likeness (QED) is 0.571. The fourth-order valence-electron chi connectivity index (χ4n) is 2.41. The molecule has 0 saturated heterocycles. The van der Waals surface area contributed by atoms with Crippen LogP contribution in [0.4, 0.5) is 0 Å². The first-order chi connectivity index (χ1) is 12.0. The second-order valence-corrected chi connectivity index (χ2v) is 6.35. The van der Waals surface area contributed by atoms with E-state index in [9.17, 15) is 9.59 Å². The van der Waals surface area contributed by atoms with Crippen LogP contribution in [-0.2, 0) is 9.53 Å². The van der Waals surface area contributed by atoms with Gasteiger partial charge in [0.25, 0.3) is 0 Å². The van der Waals surface area contributed by atoms with Gasteiger partial charge < -0.3 is 14.2 Å². The number of benzene rings is 2. The number of methoxy groups -OCH3 is 1. The number of halogens is 1. The number of Topliss-reactive ketones (excluding diaryl/α,β-unsaturated/α-hetero) is 1. The summed E-state index contributed by atoms with van der Waals surface area (Å²) in [6, 6.07) is 12.4. The molecule has 1 heterocycles. The van der Waals surface area contributed by atoms with E-state index in [0.29, 0.717) is 17.1 Å². The van der Waals surface area contributed by atoms with Gasteiger partial charge in [-0.25, -0.2) is 4.79 Å². The molecule has 2 aromatic rings. The number of ether oxygens (including phenoxy) is 3. The maximum atomic E-state index is 12.5. The molecular formula is C19H15BrO5. The van der Waals surface area contributed by atoms with Gasteiger partial charge in [-0.15, -0.1) is 0 Å². The summed E-state index contributed by atoms with van der Waals surface area (Å²) in [5, 5.41) is 0. The molecule has 1 aliphatic rings. The van der Waals surface area contributed by atoms with E-state index in [0.717, 1.165) is 10.0 Å². The molecule has 0 amide bonds. The van der Waals surface area contributed by atoms with Crippen molar-refractivity contribution in [2.45, 2.75) is 13.0 Å². The molecule has 5 nitrogen and oxygen atoms in total. The first-order valence-electron chi connectivity index (χ1n) is 7.56. The molecule has 1 unspecified atom stereocenters. The van der Waals surface area contributed by atoms with E-state index in [1.165, 1.54) is 7.11 Å². The van der Waals surface area contributed by atoms with Crippen LogP contribution >= 0.6 is 15.9 Å². The first-order valence-corrected chi connectivity index (χ1v) is 8.35. The van der Waals surface area contributed by atoms with Crippen molar-refractivity contribution in [2.24, 2.45) is 0 Å². The van der Waals surface area contributed by atoms with Crippen LogP contribution in [0.1, 0.15) is 22.8 Å². The SMILES string of the molecule is COC(=O)C(C)Oc1ccc2c(c1)O/C(=C\c1cccc(Br)c1)C2=O. The molecule has 2 aromatic carbocycles. The van der Waals surface area contributed by atoms with E-state index in [-0.39, 0.29) is 11.5 Å². The maximum absolute atomic E-state index is 12.5. The van der Waals surface area contributed by atoms with E-state index in [1.807, 2.05) is 24.3 Å². The number of fused-ring (bicyclic) bond motifs is 1. The van der Waals surface area contributed by atoms with Crippen LogP contribution in [0.15, 0.2) is 52.7 Å². The molecule has 128 valence electrons. The van der Waals surface area contributed by atoms with Crippen molar-refractivity contribution in [2.75, 3.05) is 7.11 Å². The van der Waals surface area contributed by atoms with Gasteiger partial charge in [0, 0.05) is 10.5 Å². The van der Waals surface area contributed by atoms with E-state index in [4.69, 9.17) is 9.47 Å². The molecule has 0 saturated carbocycles. The summed E-state index contributed by atoms with van der Waals surface area (Å²) in [6.07, 6.45) is 0.932. The van der Waals surface area contributed by atoms with Crippen LogP contribution in [0, 0.1) is 0 Å². The minimum Gasteiger partial charge on any atom is -0.479 e. The third-order valence-corrected chi connectivity index (χ3v) is 4.13. The Morgan fingerprint density at radius 3 is 2.76 bits per heavy atom. The number of rotatable bonds is 4. The van der Waals surface area contributed by atoms with Crippen molar-refractivity contribution in [3.8, 4) is 11.5 Å². The molecule has 3 rings (SSSR count). The monoisotopic (exact) mass is 402 g/mol. The predicted molar refractivity (Wildman–Crippen MR) is 95.6 cm³/mol. The van der Waals surface area contributed by atoms with Gasteiger partial charge in [-0.3, -0.25) is 4.79 Å². The third-order valence-electron chi connectivity index (χ3n) is 3.63. The highest BCUT2D eigenvalue weighted by atomic mass is 79.9. The van der Waals surface area contributed by atoms with E-state index in [1.54, 1.807) is 31.2 Å². The largest absolute Gasteiger partial charge is 0.479 e. The summed E-state index contributed by atoms with van der Waals surface area (Å²) < 4.78 is 16.7. The standard InChI is InChI=1S/C19H15BrO5/c1-11(19(22)23-2)24-14-6-7-15-16(10-14)25-17(18(15)21)9-12-4-3-5-13(20)8-12/h3-11H,1-2H3/b17-9-. The number of allylic oxidation sites excluding steroid dienone is 1. The zero-order valence-electron chi connectivity index (χ0n) is 13.6. The van der Waals surface area contributed by atoms with Crippen LogP contribution in [0.3, 0.4) is 0 Å². The van der Waals surface area contributed by atoms with Crippen molar-refractivity contribution < 1.29 is 23.8 Å². The van der Waals surface area contributed by atoms with Crippen molar-refractivity contribution in [1.29, 1.82) is 0 Å². The van der Waals surface area contributed by atoms with Crippen LogP contribution in [0.2, 0.25) is 0 Å². The number of ketones is 1. The molecule has 0 aliphatic carbocycles. The molecular weight excluding hydrogens is 388 g/mol. The van der Waals surface area contributed by atoms with Gasteiger partial charge in [-0.1, -0.05) is 28.1 Å². The average molecular weight is 403 g/mol. The van der Waals surface area contributed by atoms with Gasteiger partial charge in [0.1, 0.15) is 11.5 Å². The smallest absolute Gasteiger partial charge is 0.346 e. The topological polar surface area (TPSA) is 61.8 Å². The van der Waals surface area contributed by atoms with Gasteiger partial charge in [-0.2, -0.15) is 0 Å². The summed E-state index contributed by atoms with van der Waals surface area (Å²) in [6.45, 7) is 1.59. The lowest BCUT2D eigenvalue weighted by molar-refractivity contribution is -0.147. The Bertz CT molecular complexity index is 872. The molecule has 0 N–H and O–H groups in total. The number of hydrogen-bond acceptors (Lipinski definition) is 5. The fraction of sp³-hybridized carbons (Fsp3) is 0.158. The van der Waals surface area contributed by atoms with Crippen LogP contribution in [-0.4, -0.2) is 25.0 Å². The summed E-state index contributed by atoms with van der Waals surface area (Å²) in [7, 11) is 1.30. The van der Waals surface area contributed by atoms with Crippen LogP contribution in [0.25, 0.3) is 6.08 Å². The molecule has 0 fully saturated rings. The Morgan fingerprint density at radius 2 is 2.04 bits per heavy atom. The minimum absolute atomic E-state index is 0.192. The Balaban J connectivity index is 1.83. The summed E-state index contributed by atoms with van der Waals surface area (Å²) in [5.74, 6) is 0.399. The number of carbonyl (C=O) groups is 2.